The van der Waals surface area contributed by atoms with E-state index in [9.17, 15) is 0 Å². The number of para-hydroxylation sites is 2. The van der Waals surface area contributed by atoms with Gasteiger partial charge < -0.3 is 0 Å². The number of fused-ring (bicyclic) bond motifs is 3. The SMILES string of the molecule is Cl.Cl.[Ti][CH]1C=C2C(C1)c1ccccc1N2c1ccccc1. The van der Waals surface area contributed by atoms with E-state index in [4.69, 9.17) is 0 Å². The first-order valence-corrected chi connectivity index (χ1v) is 7.61. The third-order valence-corrected chi connectivity index (χ3v) is 4.67. The normalized spacial score (nSPS) is 21.7. The molecule has 2 aliphatic rings. The van der Waals surface area contributed by atoms with Crippen molar-refractivity contribution in [3.8, 4) is 0 Å². The number of rotatable bonds is 1. The first-order chi connectivity index (χ1) is 9.34. The molecule has 1 aliphatic heterocycles. The van der Waals surface area contributed by atoms with Crippen LogP contribution in [0.5, 0.6) is 0 Å². The summed E-state index contributed by atoms with van der Waals surface area (Å²) in [5.41, 5.74) is 5.59. The van der Waals surface area contributed by atoms with Crippen molar-refractivity contribution in [3.05, 3.63) is 71.9 Å². The molecule has 21 heavy (non-hydrogen) atoms. The van der Waals surface area contributed by atoms with Crippen molar-refractivity contribution in [2.45, 2.75) is 16.6 Å². The molecule has 0 saturated heterocycles. The number of hydrogen-bond donors (Lipinski definition) is 0. The first-order valence-electron chi connectivity index (χ1n) is 6.71. The van der Waals surface area contributed by atoms with Gasteiger partial charge in [-0.15, -0.1) is 24.8 Å². The predicted octanol–water partition coefficient (Wildman–Crippen LogP) is 5.39. The van der Waals surface area contributed by atoms with Crippen LogP contribution in [0.2, 0.25) is 4.22 Å². The molecule has 0 fully saturated rings. The molecule has 1 heterocycles. The van der Waals surface area contributed by atoms with Crippen LogP contribution >= 0.6 is 24.8 Å². The molecule has 1 nitrogen and oxygen atoms in total. The second kappa shape index (κ2) is 6.58. The Hall–Kier alpha value is -0.726. The topological polar surface area (TPSA) is 3.24 Å². The van der Waals surface area contributed by atoms with E-state index in [2.05, 4.69) is 86.0 Å². The fraction of sp³-hybridized carbons (Fsp3) is 0.176. The standard InChI is InChI=1S/C17H14N.2ClH.Ti/c1-2-7-13(8-3-1)18-16-11-5-4-9-14(16)15-10-6-12-17(15)18;;;/h1-9,11-12,15H,10H2;2*1H;. The number of benzene rings is 2. The van der Waals surface area contributed by atoms with Gasteiger partial charge >= 0.3 is 125 Å². The van der Waals surface area contributed by atoms with Crippen LogP contribution in [-0.4, -0.2) is 0 Å². The van der Waals surface area contributed by atoms with E-state index in [0.29, 0.717) is 10.1 Å². The third kappa shape index (κ3) is 2.69. The van der Waals surface area contributed by atoms with Gasteiger partial charge in [0.05, 0.1) is 0 Å². The Morgan fingerprint density at radius 2 is 1.57 bits per heavy atom. The molecule has 4 heteroatoms. The van der Waals surface area contributed by atoms with Crippen molar-refractivity contribution in [3.63, 3.8) is 0 Å². The second-order valence-corrected chi connectivity index (χ2v) is 6.37. The van der Waals surface area contributed by atoms with Crippen LogP contribution in [-0.2, 0) is 20.4 Å². The molecule has 107 valence electrons. The van der Waals surface area contributed by atoms with Gasteiger partial charge in [-0.3, -0.25) is 0 Å². The summed E-state index contributed by atoms with van der Waals surface area (Å²) in [6.45, 7) is 0. The summed E-state index contributed by atoms with van der Waals surface area (Å²) in [6.07, 6.45) is 3.69. The number of anilines is 2. The number of halogens is 2. The summed E-state index contributed by atoms with van der Waals surface area (Å²) in [5, 5.41) is 0. The van der Waals surface area contributed by atoms with Crippen LogP contribution in [0, 0.1) is 0 Å². The molecule has 1 aliphatic carbocycles. The second-order valence-electron chi connectivity index (χ2n) is 5.22. The molecule has 0 N–H and O–H groups in total. The molecule has 4 rings (SSSR count). The van der Waals surface area contributed by atoms with Gasteiger partial charge in [-0.25, -0.2) is 0 Å². The maximum atomic E-state index is 2.44. The van der Waals surface area contributed by atoms with E-state index in [-0.39, 0.29) is 24.8 Å². The average molecular weight is 353 g/mol. The molecule has 2 atom stereocenters. The van der Waals surface area contributed by atoms with Crippen LogP contribution in [0.3, 0.4) is 0 Å². The summed E-state index contributed by atoms with van der Waals surface area (Å²) < 4.78 is 0.680. The molecule has 0 spiro atoms. The van der Waals surface area contributed by atoms with Crippen molar-refractivity contribution >= 4 is 36.2 Å². The van der Waals surface area contributed by atoms with Crippen molar-refractivity contribution in [1.82, 2.24) is 0 Å². The summed E-state index contributed by atoms with van der Waals surface area (Å²) in [4.78, 5) is 2.43. The Balaban J connectivity index is 0.000000807. The van der Waals surface area contributed by atoms with Gasteiger partial charge in [-0.2, -0.15) is 0 Å². The first kappa shape index (κ1) is 16.6. The molecule has 0 aromatic heterocycles. The molecule has 0 amide bonds. The average Bonchev–Trinajstić information content (AvgIpc) is 2.95. The van der Waals surface area contributed by atoms with Crippen molar-refractivity contribution in [2.75, 3.05) is 4.90 Å². The van der Waals surface area contributed by atoms with Gasteiger partial charge in [0.15, 0.2) is 0 Å². The van der Waals surface area contributed by atoms with Crippen LogP contribution in [0.4, 0.5) is 11.4 Å². The van der Waals surface area contributed by atoms with E-state index in [1.165, 1.54) is 29.1 Å². The Morgan fingerprint density at radius 3 is 2.33 bits per heavy atom. The minimum absolute atomic E-state index is 0. The van der Waals surface area contributed by atoms with Crippen LogP contribution in [0.25, 0.3) is 0 Å². The number of hydrogen-bond acceptors (Lipinski definition) is 1. The van der Waals surface area contributed by atoms with E-state index in [1.807, 2.05) is 0 Å². The van der Waals surface area contributed by atoms with E-state index >= 15 is 0 Å². The van der Waals surface area contributed by atoms with Gasteiger partial charge in [-0.1, -0.05) is 0 Å². The summed E-state index contributed by atoms with van der Waals surface area (Å²) in [6, 6.07) is 19.5. The Labute approximate surface area is 149 Å². The zero-order valence-corrected chi connectivity index (χ0v) is 14.6. The van der Waals surface area contributed by atoms with Crippen LogP contribution in [0.1, 0.15) is 17.9 Å². The Kier molecular flexibility index (Phi) is 5.22. The molecular weight excluding hydrogens is 337 g/mol. The summed E-state index contributed by atoms with van der Waals surface area (Å²) in [7, 11) is 0. The minimum atomic E-state index is 0. The fourth-order valence-electron chi connectivity index (χ4n) is 3.27. The van der Waals surface area contributed by atoms with E-state index in [1.54, 1.807) is 0 Å². The molecule has 2 unspecified atom stereocenters. The quantitative estimate of drug-likeness (QED) is 0.622. The number of nitrogens with zero attached hydrogens (tertiary/aromatic N) is 1. The van der Waals surface area contributed by atoms with Crippen LogP contribution < -0.4 is 4.90 Å². The van der Waals surface area contributed by atoms with Gasteiger partial charge in [0, 0.05) is 0 Å². The molecular formula is C17H16Cl2NTi. The molecule has 0 radical (unpaired) electrons. The monoisotopic (exact) mass is 352 g/mol. The zero-order chi connectivity index (χ0) is 12.8. The van der Waals surface area contributed by atoms with E-state index < -0.39 is 0 Å². The molecule has 0 saturated carbocycles. The zero-order valence-electron chi connectivity index (χ0n) is 11.4. The van der Waals surface area contributed by atoms with Crippen molar-refractivity contribution < 1.29 is 20.4 Å². The van der Waals surface area contributed by atoms with Crippen molar-refractivity contribution in [1.29, 1.82) is 0 Å². The molecule has 2 aromatic carbocycles. The fourth-order valence-corrected chi connectivity index (χ4v) is 3.91. The maximum absolute atomic E-state index is 2.44. The van der Waals surface area contributed by atoms with Gasteiger partial charge in [0.1, 0.15) is 0 Å². The number of allylic oxidation sites excluding steroid dienone is 2. The van der Waals surface area contributed by atoms with Gasteiger partial charge in [0.25, 0.3) is 0 Å². The predicted molar refractivity (Wildman–Crippen MR) is 88.7 cm³/mol. The molecule has 2 aromatic rings. The van der Waals surface area contributed by atoms with Crippen LogP contribution in [0.15, 0.2) is 66.4 Å². The van der Waals surface area contributed by atoms with Gasteiger partial charge in [0.2, 0.25) is 0 Å². The van der Waals surface area contributed by atoms with Gasteiger partial charge in [-0.05, 0) is 0 Å². The Bertz CT molecular complexity index is 657. The summed E-state index contributed by atoms with van der Waals surface area (Å²) in [5.74, 6) is 0.589. The molecule has 0 bridgehead atoms. The van der Waals surface area contributed by atoms with E-state index in [0.717, 1.165) is 0 Å². The third-order valence-electron chi connectivity index (χ3n) is 4.04. The van der Waals surface area contributed by atoms with Crippen molar-refractivity contribution in [2.24, 2.45) is 0 Å². The Morgan fingerprint density at radius 1 is 0.905 bits per heavy atom. The summed E-state index contributed by atoms with van der Waals surface area (Å²) >= 11 is 2.32.